The van der Waals surface area contributed by atoms with Crippen LogP contribution in [0.25, 0.3) is 16.7 Å². The molecular weight excluding hydrogens is 376 g/mol. The first-order chi connectivity index (χ1) is 15.1. The van der Waals surface area contributed by atoms with E-state index in [0.717, 1.165) is 18.3 Å². The van der Waals surface area contributed by atoms with E-state index < -0.39 is 0 Å². The number of allylic oxidation sites excluding steroid dienone is 2. The molecule has 6 rings (SSSR count). The van der Waals surface area contributed by atoms with Gasteiger partial charge in [0.15, 0.2) is 0 Å². The average molecular weight is 407 g/mol. The van der Waals surface area contributed by atoms with Gasteiger partial charge in [-0.3, -0.25) is 0 Å². The molecule has 0 aromatic heterocycles. The summed E-state index contributed by atoms with van der Waals surface area (Å²) in [5, 5.41) is 9.92. The highest BCUT2D eigenvalue weighted by Crippen LogP contribution is 2.63. The molecule has 0 saturated heterocycles. The summed E-state index contributed by atoms with van der Waals surface area (Å²) in [4.78, 5) is 0. The van der Waals surface area contributed by atoms with Gasteiger partial charge in [-0.15, -0.1) is 0 Å². The first-order valence-corrected chi connectivity index (χ1v) is 11.8. The normalized spacial score (nSPS) is 28.9. The zero-order valence-corrected chi connectivity index (χ0v) is 18.2. The van der Waals surface area contributed by atoms with Crippen molar-refractivity contribution < 1.29 is 5.11 Å². The lowest BCUT2D eigenvalue weighted by Crippen LogP contribution is -2.40. The zero-order chi connectivity index (χ0) is 21.0. The van der Waals surface area contributed by atoms with Crippen molar-refractivity contribution >= 4 is 5.57 Å². The van der Waals surface area contributed by atoms with Crippen molar-refractivity contribution in [2.75, 3.05) is 0 Å². The lowest BCUT2D eigenvalue weighted by molar-refractivity contribution is 0.0885. The molecule has 3 aromatic rings. The van der Waals surface area contributed by atoms with Crippen molar-refractivity contribution in [2.24, 2.45) is 17.3 Å². The van der Waals surface area contributed by atoms with Gasteiger partial charge in [0.1, 0.15) is 5.75 Å². The van der Waals surface area contributed by atoms with Crippen LogP contribution in [0.1, 0.15) is 55.2 Å². The predicted octanol–water partition coefficient (Wildman–Crippen LogP) is 7.61. The summed E-state index contributed by atoms with van der Waals surface area (Å²) in [7, 11) is 0. The van der Waals surface area contributed by atoms with Gasteiger partial charge in [-0.05, 0) is 101 Å². The minimum absolute atomic E-state index is 0.282. The van der Waals surface area contributed by atoms with E-state index in [1.54, 1.807) is 5.57 Å². The molecule has 3 aliphatic carbocycles. The molecule has 1 heteroatoms. The first kappa shape index (κ1) is 18.9. The van der Waals surface area contributed by atoms with Crippen LogP contribution in [0, 0.1) is 17.3 Å². The predicted molar refractivity (Wildman–Crippen MR) is 128 cm³/mol. The van der Waals surface area contributed by atoms with Crippen molar-refractivity contribution in [3.63, 3.8) is 0 Å². The van der Waals surface area contributed by atoms with Crippen molar-refractivity contribution in [2.45, 2.75) is 44.9 Å². The highest BCUT2D eigenvalue weighted by Gasteiger charge is 2.51. The minimum Gasteiger partial charge on any atom is -0.508 e. The van der Waals surface area contributed by atoms with Crippen molar-refractivity contribution in [3.05, 3.63) is 95.6 Å². The van der Waals surface area contributed by atoms with E-state index in [0.29, 0.717) is 11.7 Å². The maximum absolute atomic E-state index is 9.92. The molecule has 0 aliphatic heterocycles. The van der Waals surface area contributed by atoms with Crippen molar-refractivity contribution in [1.29, 1.82) is 0 Å². The lowest BCUT2D eigenvalue weighted by Gasteiger charge is -2.50. The van der Waals surface area contributed by atoms with Crippen LogP contribution in [0.15, 0.2) is 78.9 Å². The summed E-state index contributed by atoms with van der Waals surface area (Å²) >= 11 is 0. The summed E-state index contributed by atoms with van der Waals surface area (Å²) < 4.78 is 0. The van der Waals surface area contributed by atoms with Gasteiger partial charge in [-0.2, -0.15) is 0 Å². The highest BCUT2D eigenvalue weighted by molar-refractivity contribution is 5.75. The van der Waals surface area contributed by atoms with E-state index in [-0.39, 0.29) is 5.41 Å². The highest BCUT2D eigenvalue weighted by atomic mass is 16.3. The molecule has 1 fully saturated rings. The Morgan fingerprint density at radius 1 is 0.839 bits per heavy atom. The zero-order valence-electron chi connectivity index (χ0n) is 18.2. The van der Waals surface area contributed by atoms with E-state index in [9.17, 15) is 5.11 Å². The number of rotatable bonds is 2. The molecule has 156 valence electrons. The molecule has 0 unspecified atom stereocenters. The van der Waals surface area contributed by atoms with Crippen LogP contribution in [0.4, 0.5) is 0 Å². The lowest BCUT2D eigenvalue weighted by atomic mass is 9.54. The monoisotopic (exact) mass is 406 g/mol. The molecular formula is C30H30O. The summed E-state index contributed by atoms with van der Waals surface area (Å²) in [6.45, 7) is 2.53. The number of phenolic OH excluding ortho intramolecular Hbond substituents is 1. The molecule has 0 radical (unpaired) electrons. The van der Waals surface area contributed by atoms with Crippen LogP contribution in [-0.2, 0) is 6.42 Å². The maximum Gasteiger partial charge on any atom is 0.115 e. The Labute approximate surface area is 185 Å². The molecule has 3 aliphatic rings. The Bertz CT molecular complexity index is 1140. The molecule has 1 N–H and O–H groups in total. The molecule has 1 saturated carbocycles. The molecule has 31 heavy (non-hydrogen) atoms. The average Bonchev–Trinajstić information content (AvgIpc) is 3.16. The standard InChI is InChI=1S/C30H30O/c1-30-18-17-26-25-14-12-24(31)19-23(25)11-13-27(26)29(30)16-15-28(30)22-9-7-21(8-10-22)20-5-3-2-4-6-20/h2-10,12,14-15,19,26-27,29,31H,11,13,16-18H2,1H3/t26-,27-,29+,30-/m1/s1. The van der Waals surface area contributed by atoms with Crippen LogP contribution >= 0.6 is 0 Å². The third-order valence-corrected chi connectivity index (χ3v) is 8.59. The quantitative estimate of drug-likeness (QED) is 0.464. The molecule has 3 aromatic carbocycles. The molecule has 0 heterocycles. The fourth-order valence-electron chi connectivity index (χ4n) is 7.06. The van der Waals surface area contributed by atoms with Crippen LogP contribution in [0.5, 0.6) is 5.75 Å². The third kappa shape index (κ3) is 2.97. The maximum atomic E-state index is 9.92. The fraction of sp³-hybridized carbons (Fsp3) is 0.333. The second-order valence-electron chi connectivity index (χ2n) is 10.1. The summed E-state index contributed by atoms with van der Waals surface area (Å²) in [5.41, 5.74) is 8.73. The second kappa shape index (κ2) is 7.12. The largest absolute Gasteiger partial charge is 0.508 e. The van der Waals surface area contributed by atoms with Crippen LogP contribution < -0.4 is 0 Å². The van der Waals surface area contributed by atoms with Crippen LogP contribution in [0.2, 0.25) is 0 Å². The van der Waals surface area contributed by atoms with Gasteiger partial charge in [0.25, 0.3) is 0 Å². The first-order valence-electron chi connectivity index (χ1n) is 11.8. The summed E-state index contributed by atoms with van der Waals surface area (Å²) in [6, 6.07) is 26.0. The molecule has 0 bridgehead atoms. The van der Waals surface area contributed by atoms with Gasteiger partial charge in [0.2, 0.25) is 0 Å². The van der Waals surface area contributed by atoms with Gasteiger partial charge in [-0.25, -0.2) is 0 Å². The van der Waals surface area contributed by atoms with Gasteiger partial charge in [-0.1, -0.05) is 73.7 Å². The SMILES string of the molecule is C[C@]12CC[C@@H]3c4ccc(O)cc4CC[C@H]3[C@@H]1CC=C2c1ccc(-c2ccccc2)cc1. The van der Waals surface area contributed by atoms with E-state index in [1.165, 1.54) is 53.5 Å². The number of phenols is 1. The smallest absolute Gasteiger partial charge is 0.115 e. The Morgan fingerprint density at radius 3 is 2.39 bits per heavy atom. The van der Waals surface area contributed by atoms with E-state index in [2.05, 4.69) is 73.7 Å². The Balaban J connectivity index is 1.28. The van der Waals surface area contributed by atoms with Crippen molar-refractivity contribution in [1.82, 2.24) is 0 Å². The van der Waals surface area contributed by atoms with Gasteiger partial charge in [0, 0.05) is 0 Å². The molecule has 0 amide bonds. The molecule has 4 atom stereocenters. The Morgan fingerprint density at radius 2 is 1.58 bits per heavy atom. The second-order valence-corrected chi connectivity index (χ2v) is 10.1. The summed E-state index contributed by atoms with van der Waals surface area (Å²) in [6.07, 6.45) is 8.64. The number of benzene rings is 3. The fourth-order valence-corrected chi connectivity index (χ4v) is 7.06. The van der Waals surface area contributed by atoms with Crippen LogP contribution in [-0.4, -0.2) is 5.11 Å². The van der Waals surface area contributed by atoms with Crippen molar-refractivity contribution in [3.8, 4) is 16.9 Å². The van der Waals surface area contributed by atoms with E-state index in [4.69, 9.17) is 0 Å². The van der Waals surface area contributed by atoms with Gasteiger partial charge < -0.3 is 5.11 Å². The van der Waals surface area contributed by atoms with Gasteiger partial charge >= 0.3 is 0 Å². The van der Waals surface area contributed by atoms with E-state index >= 15 is 0 Å². The molecule has 1 nitrogen and oxygen atoms in total. The topological polar surface area (TPSA) is 20.2 Å². The van der Waals surface area contributed by atoms with Gasteiger partial charge in [0.05, 0.1) is 0 Å². The summed E-state index contributed by atoms with van der Waals surface area (Å²) in [5.74, 6) is 2.57. The Kier molecular flexibility index (Phi) is 4.35. The number of fused-ring (bicyclic) bond motifs is 5. The Hall–Kier alpha value is -2.80. The number of hydrogen-bond donors (Lipinski definition) is 1. The molecule has 0 spiro atoms. The third-order valence-electron chi connectivity index (χ3n) is 8.59. The number of aromatic hydroxyl groups is 1. The number of hydrogen-bond acceptors (Lipinski definition) is 1. The number of aryl methyl sites for hydroxylation is 1. The van der Waals surface area contributed by atoms with Crippen LogP contribution in [0.3, 0.4) is 0 Å². The van der Waals surface area contributed by atoms with E-state index in [1.807, 2.05) is 12.1 Å². The minimum atomic E-state index is 0.282.